The molecule has 0 bridgehead atoms. The molecule has 0 aromatic carbocycles. The van der Waals surface area contributed by atoms with Crippen molar-refractivity contribution in [2.75, 3.05) is 11.9 Å². The number of nitrogens with two attached hydrogens (primary N) is 1. The average Bonchev–Trinajstić information content (AvgIpc) is 2.70. The number of fused-ring (bicyclic) bond motifs is 1. The van der Waals surface area contributed by atoms with Crippen molar-refractivity contribution in [1.82, 2.24) is 14.5 Å². The lowest BCUT2D eigenvalue weighted by Gasteiger charge is -2.14. The van der Waals surface area contributed by atoms with E-state index in [2.05, 4.69) is 22.2 Å². The Morgan fingerprint density at radius 3 is 3.06 bits per heavy atom. The van der Waals surface area contributed by atoms with Gasteiger partial charge in [-0.25, -0.2) is 9.97 Å². The van der Waals surface area contributed by atoms with Crippen LogP contribution in [-0.2, 0) is 7.05 Å². The summed E-state index contributed by atoms with van der Waals surface area (Å²) in [7, 11) is 1.98. The van der Waals surface area contributed by atoms with Crippen LogP contribution < -0.4 is 11.1 Å². The predicted octanol–water partition coefficient (Wildman–Crippen LogP) is 1.51. The highest BCUT2D eigenvalue weighted by Crippen LogP contribution is 2.19. The minimum absolute atomic E-state index is 0.360. The topological polar surface area (TPSA) is 68.8 Å². The molecule has 1 unspecified atom stereocenters. The highest BCUT2D eigenvalue weighted by atomic mass is 15.1. The van der Waals surface area contributed by atoms with E-state index in [1.165, 1.54) is 0 Å². The number of nitrogens with one attached hydrogen (secondary N) is 1. The van der Waals surface area contributed by atoms with Gasteiger partial charge in [-0.15, -0.1) is 0 Å². The largest absolute Gasteiger partial charge is 0.366 e. The number of hydrogen-bond acceptors (Lipinski definition) is 4. The monoisotopic (exact) mass is 233 g/mol. The molecule has 0 saturated carbocycles. The highest BCUT2D eigenvalue weighted by Gasteiger charge is 2.09. The van der Waals surface area contributed by atoms with E-state index in [-0.39, 0.29) is 0 Å². The molecule has 0 fully saturated rings. The second kappa shape index (κ2) is 5.14. The Hall–Kier alpha value is -1.62. The molecule has 3 N–H and O–H groups in total. The fraction of sp³-hybridized carbons (Fsp3) is 0.500. The first-order valence-corrected chi connectivity index (χ1v) is 5.95. The quantitative estimate of drug-likeness (QED) is 0.821. The molecule has 17 heavy (non-hydrogen) atoms. The van der Waals surface area contributed by atoms with Crippen LogP contribution in [0.1, 0.15) is 19.8 Å². The van der Waals surface area contributed by atoms with E-state index < -0.39 is 0 Å². The van der Waals surface area contributed by atoms with Crippen LogP contribution in [-0.4, -0.2) is 27.1 Å². The molecule has 5 nitrogen and oxygen atoms in total. The third kappa shape index (κ3) is 2.55. The molecule has 0 aliphatic heterocycles. The number of imidazole rings is 1. The molecule has 0 saturated heterocycles. The first-order valence-electron chi connectivity index (χ1n) is 5.95. The molecule has 0 aliphatic carbocycles. The Morgan fingerprint density at radius 1 is 1.47 bits per heavy atom. The number of rotatable bonds is 5. The molecule has 0 aliphatic rings. The summed E-state index contributed by atoms with van der Waals surface area (Å²) < 4.78 is 1.99. The van der Waals surface area contributed by atoms with Crippen molar-refractivity contribution in [1.29, 1.82) is 0 Å². The van der Waals surface area contributed by atoms with Crippen LogP contribution in [0.15, 0.2) is 18.6 Å². The van der Waals surface area contributed by atoms with Gasteiger partial charge >= 0.3 is 0 Å². The molecule has 0 radical (unpaired) electrons. The van der Waals surface area contributed by atoms with E-state index in [0.29, 0.717) is 6.04 Å². The molecule has 2 aromatic heterocycles. The van der Waals surface area contributed by atoms with Gasteiger partial charge in [-0.2, -0.15) is 0 Å². The number of nitrogens with zero attached hydrogens (tertiary/aromatic N) is 3. The van der Waals surface area contributed by atoms with Crippen LogP contribution in [0.3, 0.4) is 0 Å². The fourth-order valence-electron chi connectivity index (χ4n) is 1.90. The van der Waals surface area contributed by atoms with Gasteiger partial charge in [0.1, 0.15) is 5.52 Å². The van der Waals surface area contributed by atoms with Crippen molar-refractivity contribution in [3.05, 3.63) is 18.6 Å². The SMILES string of the molecule is CC(CCCN)Nc1nccc2c1ncn2C. The zero-order valence-electron chi connectivity index (χ0n) is 10.3. The van der Waals surface area contributed by atoms with Gasteiger partial charge in [0.15, 0.2) is 5.82 Å². The number of anilines is 1. The van der Waals surface area contributed by atoms with Gasteiger partial charge in [-0.1, -0.05) is 0 Å². The van der Waals surface area contributed by atoms with Crippen molar-refractivity contribution >= 4 is 16.9 Å². The Kier molecular flexibility index (Phi) is 3.58. The Balaban J connectivity index is 2.18. The van der Waals surface area contributed by atoms with E-state index in [0.717, 1.165) is 36.2 Å². The van der Waals surface area contributed by atoms with E-state index in [9.17, 15) is 0 Å². The smallest absolute Gasteiger partial charge is 0.154 e. The summed E-state index contributed by atoms with van der Waals surface area (Å²) in [6.45, 7) is 2.87. The lowest BCUT2D eigenvalue weighted by Crippen LogP contribution is -2.17. The molecular weight excluding hydrogens is 214 g/mol. The Labute approximate surface area is 101 Å². The molecular formula is C12H19N5. The highest BCUT2D eigenvalue weighted by molar-refractivity contribution is 5.85. The van der Waals surface area contributed by atoms with Gasteiger partial charge < -0.3 is 15.6 Å². The van der Waals surface area contributed by atoms with Crippen molar-refractivity contribution in [2.24, 2.45) is 12.8 Å². The van der Waals surface area contributed by atoms with Crippen LogP contribution in [0.2, 0.25) is 0 Å². The predicted molar refractivity (Wildman–Crippen MR) is 69.9 cm³/mol. The summed E-state index contributed by atoms with van der Waals surface area (Å²) in [6, 6.07) is 2.33. The van der Waals surface area contributed by atoms with Crippen molar-refractivity contribution in [3.8, 4) is 0 Å². The van der Waals surface area contributed by atoms with E-state index >= 15 is 0 Å². The maximum Gasteiger partial charge on any atom is 0.154 e. The van der Waals surface area contributed by atoms with E-state index in [1.54, 1.807) is 0 Å². The molecule has 2 aromatic rings. The van der Waals surface area contributed by atoms with Crippen LogP contribution in [0.25, 0.3) is 11.0 Å². The standard InChI is InChI=1S/C12H19N5/c1-9(4-3-6-13)16-12-11-10(5-7-14-12)17(2)8-15-11/h5,7-9H,3-4,6,13H2,1-2H3,(H,14,16). The molecule has 0 spiro atoms. The van der Waals surface area contributed by atoms with Gasteiger partial charge in [0.2, 0.25) is 0 Å². The van der Waals surface area contributed by atoms with Crippen LogP contribution in [0.4, 0.5) is 5.82 Å². The van der Waals surface area contributed by atoms with Crippen molar-refractivity contribution in [3.63, 3.8) is 0 Å². The summed E-state index contributed by atoms with van der Waals surface area (Å²) in [5.74, 6) is 0.854. The normalized spacial score (nSPS) is 12.9. The second-order valence-corrected chi connectivity index (χ2v) is 4.36. The Morgan fingerprint density at radius 2 is 2.29 bits per heavy atom. The zero-order valence-corrected chi connectivity index (χ0v) is 10.3. The number of pyridine rings is 1. The first kappa shape index (κ1) is 11.9. The van der Waals surface area contributed by atoms with Crippen LogP contribution >= 0.6 is 0 Å². The Bertz CT molecular complexity index is 491. The molecule has 2 heterocycles. The number of aromatic nitrogens is 3. The zero-order chi connectivity index (χ0) is 12.3. The van der Waals surface area contributed by atoms with Crippen molar-refractivity contribution in [2.45, 2.75) is 25.8 Å². The lowest BCUT2D eigenvalue weighted by molar-refractivity contribution is 0.661. The average molecular weight is 233 g/mol. The summed E-state index contributed by atoms with van der Waals surface area (Å²) >= 11 is 0. The lowest BCUT2D eigenvalue weighted by atomic mass is 10.2. The summed E-state index contributed by atoms with van der Waals surface area (Å²) in [4.78, 5) is 8.71. The molecule has 5 heteroatoms. The fourth-order valence-corrected chi connectivity index (χ4v) is 1.90. The summed E-state index contributed by atoms with van der Waals surface area (Å²) in [6.07, 6.45) is 5.68. The van der Waals surface area contributed by atoms with Gasteiger partial charge in [0, 0.05) is 19.3 Å². The minimum atomic E-state index is 0.360. The first-order chi connectivity index (χ1) is 8.22. The summed E-state index contributed by atoms with van der Waals surface area (Å²) in [5, 5.41) is 3.39. The minimum Gasteiger partial charge on any atom is -0.366 e. The summed E-state index contributed by atoms with van der Waals surface area (Å²) in [5.41, 5.74) is 7.52. The van der Waals surface area contributed by atoms with Crippen LogP contribution in [0, 0.1) is 0 Å². The van der Waals surface area contributed by atoms with Gasteiger partial charge in [-0.05, 0) is 32.4 Å². The maximum atomic E-state index is 5.50. The maximum absolute atomic E-state index is 5.50. The van der Waals surface area contributed by atoms with E-state index in [1.807, 2.05) is 30.2 Å². The molecule has 92 valence electrons. The molecule has 2 rings (SSSR count). The van der Waals surface area contributed by atoms with E-state index in [4.69, 9.17) is 5.73 Å². The molecule has 1 atom stereocenters. The molecule has 0 amide bonds. The van der Waals surface area contributed by atoms with Crippen LogP contribution in [0.5, 0.6) is 0 Å². The second-order valence-electron chi connectivity index (χ2n) is 4.36. The van der Waals surface area contributed by atoms with Crippen molar-refractivity contribution < 1.29 is 0 Å². The number of hydrogen-bond donors (Lipinski definition) is 2. The van der Waals surface area contributed by atoms with Gasteiger partial charge in [-0.3, -0.25) is 0 Å². The third-order valence-corrected chi connectivity index (χ3v) is 2.87. The third-order valence-electron chi connectivity index (χ3n) is 2.87. The van der Waals surface area contributed by atoms with Gasteiger partial charge in [0.25, 0.3) is 0 Å². The number of aryl methyl sites for hydroxylation is 1. The van der Waals surface area contributed by atoms with Gasteiger partial charge in [0.05, 0.1) is 11.8 Å².